The van der Waals surface area contributed by atoms with Gasteiger partial charge in [-0.3, -0.25) is 4.98 Å². The smallest absolute Gasteiger partial charge is 0.339 e. The van der Waals surface area contributed by atoms with Crippen molar-refractivity contribution in [3.8, 4) is 11.5 Å². The number of nitrogens with zero attached hydrogens (tertiary/aromatic N) is 1. The van der Waals surface area contributed by atoms with E-state index < -0.39 is 5.97 Å². The number of carboxylic acids is 1. The van der Waals surface area contributed by atoms with Gasteiger partial charge in [0.05, 0.1) is 0 Å². The van der Waals surface area contributed by atoms with Crippen molar-refractivity contribution in [1.29, 1.82) is 0 Å². The van der Waals surface area contributed by atoms with Gasteiger partial charge in [-0.05, 0) is 24.4 Å². The molecule has 0 amide bonds. The Hall–Kier alpha value is -2.88. The number of carboxylic acid groups (broad SMARTS) is 1. The molecule has 0 aliphatic carbocycles. The van der Waals surface area contributed by atoms with Gasteiger partial charge in [-0.25, -0.2) is 4.79 Å². The Balaban J connectivity index is 2.18. The van der Waals surface area contributed by atoms with Crippen LogP contribution in [0.3, 0.4) is 0 Å². The summed E-state index contributed by atoms with van der Waals surface area (Å²) < 4.78 is 5.84. The van der Waals surface area contributed by atoms with Crippen molar-refractivity contribution in [2.75, 3.05) is 0 Å². The molecule has 1 aromatic heterocycles. The fraction of sp³-hybridized carbons (Fsp3) is 0.0588. The molecular formula is C17H13NO3. The first-order valence-electron chi connectivity index (χ1n) is 6.51. The van der Waals surface area contributed by atoms with E-state index in [4.69, 9.17) is 4.74 Å². The standard InChI is InChI=1S/C17H13NO3/c1-11-10-13(8-9-18-11)21-16-14-5-3-2-4-12(14)6-7-15(16)17(19)20/h2-10H,1H3,(H,19,20). The molecule has 0 unspecified atom stereocenters. The Kier molecular flexibility index (Phi) is 3.28. The second-order valence-corrected chi connectivity index (χ2v) is 4.70. The van der Waals surface area contributed by atoms with Gasteiger partial charge in [-0.2, -0.15) is 0 Å². The number of benzene rings is 2. The van der Waals surface area contributed by atoms with Gasteiger partial charge >= 0.3 is 5.97 Å². The fourth-order valence-corrected chi connectivity index (χ4v) is 2.22. The van der Waals surface area contributed by atoms with Crippen molar-refractivity contribution in [3.63, 3.8) is 0 Å². The van der Waals surface area contributed by atoms with Crippen LogP contribution in [0.25, 0.3) is 10.8 Å². The maximum absolute atomic E-state index is 11.4. The van der Waals surface area contributed by atoms with Crippen molar-refractivity contribution in [3.05, 3.63) is 66.0 Å². The second-order valence-electron chi connectivity index (χ2n) is 4.70. The molecule has 0 aliphatic rings. The average molecular weight is 279 g/mol. The molecule has 1 heterocycles. The molecule has 1 N–H and O–H groups in total. The molecule has 0 atom stereocenters. The van der Waals surface area contributed by atoms with E-state index in [0.717, 1.165) is 16.5 Å². The topological polar surface area (TPSA) is 59.4 Å². The van der Waals surface area contributed by atoms with E-state index in [-0.39, 0.29) is 5.56 Å². The first-order chi connectivity index (χ1) is 10.1. The predicted octanol–water partition coefficient (Wildman–Crippen LogP) is 4.03. The molecule has 0 radical (unpaired) electrons. The Labute approximate surface area is 121 Å². The highest BCUT2D eigenvalue weighted by Crippen LogP contribution is 2.33. The largest absolute Gasteiger partial charge is 0.478 e. The minimum absolute atomic E-state index is 0.142. The van der Waals surface area contributed by atoms with Gasteiger partial charge < -0.3 is 9.84 Å². The van der Waals surface area contributed by atoms with Crippen LogP contribution in [0.4, 0.5) is 0 Å². The van der Waals surface area contributed by atoms with Crippen LogP contribution < -0.4 is 4.74 Å². The lowest BCUT2D eigenvalue weighted by Crippen LogP contribution is -2.01. The highest BCUT2D eigenvalue weighted by Gasteiger charge is 2.15. The van der Waals surface area contributed by atoms with Crippen LogP contribution in [0.5, 0.6) is 11.5 Å². The summed E-state index contributed by atoms with van der Waals surface area (Å²) in [4.78, 5) is 15.5. The first kappa shape index (κ1) is 13.1. The molecule has 104 valence electrons. The minimum atomic E-state index is -1.01. The van der Waals surface area contributed by atoms with Gasteiger partial charge in [0.15, 0.2) is 0 Å². The van der Waals surface area contributed by atoms with Gasteiger partial charge in [0.1, 0.15) is 17.1 Å². The molecule has 0 saturated carbocycles. The van der Waals surface area contributed by atoms with E-state index in [2.05, 4.69) is 4.98 Å². The molecule has 0 saturated heterocycles. The molecule has 3 aromatic rings. The van der Waals surface area contributed by atoms with Gasteiger partial charge in [-0.1, -0.05) is 30.3 Å². The van der Waals surface area contributed by atoms with Crippen molar-refractivity contribution < 1.29 is 14.6 Å². The van der Waals surface area contributed by atoms with Crippen molar-refractivity contribution in [2.45, 2.75) is 6.92 Å². The molecule has 21 heavy (non-hydrogen) atoms. The lowest BCUT2D eigenvalue weighted by Gasteiger charge is -2.12. The van der Waals surface area contributed by atoms with E-state index >= 15 is 0 Å². The van der Waals surface area contributed by atoms with Crippen LogP contribution in [-0.2, 0) is 0 Å². The zero-order chi connectivity index (χ0) is 14.8. The molecule has 4 nitrogen and oxygen atoms in total. The van der Waals surface area contributed by atoms with Crippen molar-refractivity contribution in [2.24, 2.45) is 0 Å². The SMILES string of the molecule is Cc1cc(Oc2c(C(=O)O)ccc3ccccc23)ccn1. The lowest BCUT2D eigenvalue weighted by atomic mass is 10.1. The summed E-state index contributed by atoms with van der Waals surface area (Å²) in [7, 11) is 0. The Morgan fingerprint density at radius 3 is 2.71 bits per heavy atom. The lowest BCUT2D eigenvalue weighted by molar-refractivity contribution is 0.0694. The molecule has 0 fully saturated rings. The number of hydrogen-bond donors (Lipinski definition) is 1. The van der Waals surface area contributed by atoms with Crippen LogP contribution in [-0.4, -0.2) is 16.1 Å². The minimum Gasteiger partial charge on any atom is -0.478 e. The summed E-state index contributed by atoms with van der Waals surface area (Å²) in [6, 6.07) is 14.4. The van der Waals surface area contributed by atoms with E-state index in [0.29, 0.717) is 11.5 Å². The maximum Gasteiger partial charge on any atom is 0.339 e. The summed E-state index contributed by atoms with van der Waals surface area (Å²) >= 11 is 0. The average Bonchev–Trinajstić information content (AvgIpc) is 2.47. The molecule has 0 bridgehead atoms. The van der Waals surface area contributed by atoms with Crippen molar-refractivity contribution in [1.82, 2.24) is 4.98 Å². The maximum atomic E-state index is 11.4. The quantitative estimate of drug-likeness (QED) is 0.786. The number of aromatic nitrogens is 1. The van der Waals surface area contributed by atoms with Gasteiger partial charge in [-0.15, -0.1) is 0 Å². The third-order valence-electron chi connectivity index (χ3n) is 3.20. The zero-order valence-corrected chi connectivity index (χ0v) is 11.4. The Morgan fingerprint density at radius 2 is 1.95 bits per heavy atom. The Bertz CT molecular complexity index is 827. The summed E-state index contributed by atoms with van der Waals surface area (Å²) in [5.74, 6) is -0.0888. The molecule has 4 heteroatoms. The number of ether oxygens (including phenoxy) is 1. The van der Waals surface area contributed by atoms with Crippen LogP contribution in [0.2, 0.25) is 0 Å². The number of carbonyl (C=O) groups is 1. The van der Waals surface area contributed by atoms with Gasteiger partial charge in [0.2, 0.25) is 0 Å². The van der Waals surface area contributed by atoms with Crippen molar-refractivity contribution >= 4 is 16.7 Å². The van der Waals surface area contributed by atoms with E-state index in [1.165, 1.54) is 0 Å². The monoisotopic (exact) mass is 279 g/mol. The molecular weight excluding hydrogens is 266 g/mol. The number of rotatable bonds is 3. The van der Waals surface area contributed by atoms with Crippen LogP contribution in [0, 0.1) is 6.92 Å². The number of fused-ring (bicyclic) bond motifs is 1. The number of aryl methyl sites for hydroxylation is 1. The molecule has 0 aliphatic heterocycles. The summed E-state index contributed by atoms with van der Waals surface area (Å²) in [6.45, 7) is 1.86. The molecule has 2 aromatic carbocycles. The van der Waals surface area contributed by atoms with Crippen LogP contribution in [0.1, 0.15) is 16.1 Å². The summed E-state index contributed by atoms with van der Waals surface area (Å²) in [6.07, 6.45) is 1.64. The molecule has 3 rings (SSSR count). The van der Waals surface area contributed by atoms with E-state index in [1.807, 2.05) is 31.2 Å². The highest BCUT2D eigenvalue weighted by molar-refractivity contribution is 6.00. The highest BCUT2D eigenvalue weighted by atomic mass is 16.5. The summed E-state index contributed by atoms with van der Waals surface area (Å²) in [5, 5.41) is 11.1. The number of hydrogen-bond acceptors (Lipinski definition) is 3. The summed E-state index contributed by atoms with van der Waals surface area (Å²) in [5.41, 5.74) is 0.952. The predicted molar refractivity (Wildman–Crippen MR) is 80.0 cm³/mol. The zero-order valence-electron chi connectivity index (χ0n) is 11.4. The number of aromatic carboxylic acids is 1. The van der Waals surface area contributed by atoms with E-state index in [9.17, 15) is 9.90 Å². The van der Waals surface area contributed by atoms with Gasteiger partial charge in [0.25, 0.3) is 0 Å². The van der Waals surface area contributed by atoms with E-state index in [1.54, 1.807) is 30.5 Å². The third kappa shape index (κ3) is 2.56. The molecule has 0 spiro atoms. The normalized spacial score (nSPS) is 10.5. The second kappa shape index (κ2) is 5.25. The fourth-order valence-electron chi connectivity index (χ4n) is 2.22. The Morgan fingerprint density at radius 1 is 1.14 bits per heavy atom. The van der Waals surface area contributed by atoms with Crippen LogP contribution >= 0.6 is 0 Å². The van der Waals surface area contributed by atoms with Gasteiger partial charge in [0, 0.05) is 23.3 Å². The third-order valence-corrected chi connectivity index (χ3v) is 3.20. The first-order valence-corrected chi connectivity index (χ1v) is 6.51. The number of pyridine rings is 1. The van der Waals surface area contributed by atoms with Crippen LogP contribution in [0.15, 0.2) is 54.7 Å².